The van der Waals surface area contributed by atoms with Crippen molar-refractivity contribution in [1.29, 1.82) is 0 Å². The van der Waals surface area contributed by atoms with E-state index in [1.165, 1.54) is 17.3 Å². The first-order chi connectivity index (χ1) is 18.5. The van der Waals surface area contributed by atoms with E-state index in [-0.39, 0.29) is 23.1 Å². The average molecular weight is 529 g/mol. The van der Waals surface area contributed by atoms with E-state index in [1.54, 1.807) is 22.8 Å². The molecule has 1 aromatic heterocycles. The van der Waals surface area contributed by atoms with Crippen molar-refractivity contribution < 1.29 is 9.59 Å². The Kier molecular flexibility index (Phi) is 9.70. The molecule has 3 aromatic carbocycles. The number of nitrogens with one attached hydrogen (secondary N) is 2. The number of nitrogens with zero attached hydrogens (tertiary/aromatic N) is 2. The maximum Gasteiger partial charge on any atom is 0.262 e. The van der Waals surface area contributed by atoms with Gasteiger partial charge in [-0.05, 0) is 48.6 Å². The van der Waals surface area contributed by atoms with Crippen molar-refractivity contribution in [2.75, 3.05) is 17.6 Å². The third kappa shape index (κ3) is 7.32. The first-order valence-electron chi connectivity index (χ1n) is 12.9. The van der Waals surface area contributed by atoms with Crippen molar-refractivity contribution in [2.45, 2.75) is 44.3 Å². The van der Waals surface area contributed by atoms with Gasteiger partial charge in [-0.2, -0.15) is 0 Å². The summed E-state index contributed by atoms with van der Waals surface area (Å²) in [7, 11) is 0. The highest BCUT2D eigenvalue weighted by Gasteiger charge is 2.14. The Bertz CT molecular complexity index is 1450. The molecule has 0 fully saturated rings. The van der Waals surface area contributed by atoms with Crippen LogP contribution in [0.4, 0.5) is 5.69 Å². The van der Waals surface area contributed by atoms with E-state index >= 15 is 0 Å². The van der Waals surface area contributed by atoms with Crippen LogP contribution < -0.4 is 16.2 Å². The second kappa shape index (κ2) is 13.6. The van der Waals surface area contributed by atoms with Gasteiger partial charge >= 0.3 is 0 Å². The van der Waals surface area contributed by atoms with Crippen LogP contribution in [-0.4, -0.2) is 33.7 Å². The highest BCUT2D eigenvalue weighted by atomic mass is 32.2. The molecule has 38 heavy (non-hydrogen) atoms. The number of anilines is 1. The van der Waals surface area contributed by atoms with E-state index in [4.69, 9.17) is 0 Å². The summed E-state index contributed by atoms with van der Waals surface area (Å²) in [6, 6.07) is 24.9. The predicted molar refractivity (Wildman–Crippen MR) is 154 cm³/mol. The van der Waals surface area contributed by atoms with Crippen LogP contribution in [0.3, 0.4) is 0 Å². The maximum absolute atomic E-state index is 13.3. The van der Waals surface area contributed by atoms with Gasteiger partial charge in [0.25, 0.3) is 5.56 Å². The summed E-state index contributed by atoms with van der Waals surface area (Å²) in [4.78, 5) is 43.1. The number of carbonyl (C=O) groups is 2. The van der Waals surface area contributed by atoms with E-state index in [9.17, 15) is 14.4 Å². The lowest BCUT2D eigenvalue weighted by molar-refractivity contribution is -0.121. The fourth-order valence-corrected chi connectivity index (χ4v) is 5.02. The fraction of sp³-hybridized carbons (Fsp3) is 0.267. The number of fused-ring (bicyclic) bond motifs is 1. The molecule has 0 aliphatic rings. The summed E-state index contributed by atoms with van der Waals surface area (Å²) >= 11 is 1.23. The summed E-state index contributed by atoms with van der Waals surface area (Å²) < 4.78 is 1.58. The highest BCUT2D eigenvalue weighted by molar-refractivity contribution is 7.99. The zero-order chi connectivity index (χ0) is 26.7. The topological polar surface area (TPSA) is 93.1 Å². The van der Waals surface area contributed by atoms with Gasteiger partial charge in [0.1, 0.15) is 0 Å². The van der Waals surface area contributed by atoms with Crippen LogP contribution in [0.5, 0.6) is 0 Å². The van der Waals surface area contributed by atoms with Gasteiger partial charge in [0.05, 0.1) is 16.7 Å². The van der Waals surface area contributed by atoms with Crippen molar-refractivity contribution in [3.8, 4) is 0 Å². The molecule has 1 heterocycles. The molecule has 0 aliphatic carbocycles. The molecule has 2 N–H and O–H groups in total. The van der Waals surface area contributed by atoms with E-state index in [1.807, 2.05) is 67.6 Å². The normalized spacial score (nSPS) is 10.9. The lowest BCUT2D eigenvalue weighted by Gasteiger charge is -2.14. The second-order valence-electron chi connectivity index (χ2n) is 8.90. The standard InChI is InChI=1S/C30H32N4O3S/c1-2-23-13-6-8-15-25(23)32-28(36)21-38-30-33-26-16-9-7-14-24(26)29(37)34(30)20-10-17-27(35)31-19-18-22-11-4-3-5-12-22/h3-9,11-16H,2,10,17-21H2,1H3,(H,31,35)(H,32,36). The molecule has 0 unspecified atom stereocenters. The van der Waals surface area contributed by atoms with Crippen LogP contribution >= 0.6 is 11.8 Å². The molecule has 0 atom stereocenters. The molecule has 0 spiro atoms. The maximum atomic E-state index is 13.3. The monoisotopic (exact) mass is 528 g/mol. The van der Waals surface area contributed by atoms with Crippen molar-refractivity contribution >= 4 is 40.2 Å². The van der Waals surface area contributed by atoms with Crippen LogP contribution in [-0.2, 0) is 29.0 Å². The Hall–Kier alpha value is -3.91. The summed E-state index contributed by atoms with van der Waals surface area (Å²) in [6.45, 7) is 2.95. The van der Waals surface area contributed by atoms with Crippen molar-refractivity contribution in [1.82, 2.24) is 14.9 Å². The molecule has 0 aliphatic heterocycles. The summed E-state index contributed by atoms with van der Waals surface area (Å²) in [5, 5.41) is 6.90. The van der Waals surface area contributed by atoms with Crippen molar-refractivity contribution in [2.24, 2.45) is 0 Å². The van der Waals surface area contributed by atoms with Crippen molar-refractivity contribution in [3.63, 3.8) is 0 Å². The minimum atomic E-state index is -0.167. The number of amides is 2. The molecule has 196 valence electrons. The quantitative estimate of drug-likeness (QED) is 0.203. The van der Waals surface area contributed by atoms with Gasteiger partial charge in [0, 0.05) is 25.2 Å². The Morgan fingerprint density at radius 2 is 1.66 bits per heavy atom. The molecular weight excluding hydrogens is 496 g/mol. The van der Waals surface area contributed by atoms with Crippen LogP contribution in [0.15, 0.2) is 88.8 Å². The van der Waals surface area contributed by atoms with Crippen LogP contribution in [0.1, 0.15) is 30.9 Å². The second-order valence-corrected chi connectivity index (χ2v) is 9.85. The van der Waals surface area contributed by atoms with Gasteiger partial charge in [0.2, 0.25) is 11.8 Å². The predicted octanol–water partition coefficient (Wildman–Crippen LogP) is 4.83. The van der Waals surface area contributed by atoms with Gasteiger partial charge in [-0.3, -0.25) is 19.0 Å². The molecule has 0 saturated carbocycles. The number of hydrogen-bond donors (Lipinski definition) is 2. The number of benzene rings is 3. The molecule has 7 nitrogen and oxygen atoms in total. The molecule has 0 saturated heterocycles. The number of para-hydroxylation sites is 2. The molecule has 4 aromatic rings. The summed E-state index contributed by atoms with van der Waals surface area (Å²) in [5.74, 6) is -0.100. The Morgan fingerprint density at radius 3 is 2.47 bits per heavy atom. The average Bonchev–Trinajstić information content (AvgIpc) is 2.94. The van der Waals surface area contributed by atoms with Crippen LogP contribution in [0.2, 0.25) is 0 Å². The first kappa shape index (κ1) is 27.1. The number of carbonyl (C=O) groups excluding carboxylic acids is 2. The SMILES string of the molecule is CCc1ccccc1NC(=O)CSc1nc2ccccc2c(=O)n1CCCC(=O)NCCc1ccccc1. The molecule has 0 bridgehead atoms. The highest BCUT2D eigenvalue weighted by Crippen LogP contribution is 2.20. The van der Waals surface area contributed by atoms with Gasteiger partial charge < -0.3 is 10.6 Å². The summed E-state index contributed by atoms with van der Waals surface area (Å²) in [5.41, 5.74) is 3.45. The number of hydrogen-bond acceptors (Lipinski definition) is 5. The first-order valence-corrected chi connectivity index (χ1v) is 13.8. The minimum absolute atomic E-state index is 0.0501. The summed E-state index contributed by atoms with van der Waals surface area (Å²) in [6.07, 6.45) is 2.37. The lowest BCUT2D eigenvalue weighted by Crippen LogP contribution is -2.27. The zero-order valence-corrected chi connectivity index (χ0v) is 22.3. The fourth-order valence-electron chi connectivity index (χ4n) is 4.20. The Morgan fingerprint density at radius 1 is 0.921 bits per heavy atom. The lowest BCUT2D eigenvalue weighted by atomic mass is 10.1. The van der Waals surface area contributed by atoms with E-state index in [0.29, 0.717) is 42.0 Å². The molecule has 8 heteroatoms. The smallest absolute Gasteiger partial charge is 0.262 e. The van der Waals surface area contributed by atoms with Crippen LogP contribution in [0.25, 0.3) is 10.9 Å². The zero-order valence-electron chi connectivity index (χ0n) is 21.5. The third-order valence-corrected chi connectivity index (χ3v) is 7.17. The van der Waals surface area contributed by atoms with Gasteiger partial charge in [-0.15, -0.1) is 0 Å². The number of rotatable bonds is 12. The molecular formula is C30H32N4O3S. The van der Waals surface area contributed by atoms with Gasteiger partial charge in [0.15, 0.2) is 5.16 Å². The molecule has 2 amide bonds. The van der Waals surface area contributed by atoms with Crippen molar-refractivity contribution in [3.05, 3.63) is 100 Å². The molecule has 0 radical (unpaired) electrons. The van der Waals surface area contributed by atoms with E-state index < -0.39 is 0 Å². The van der Waals surface area contributed by atoms with Crippen LogP contribution in [0, 0.1) is 0 Å². The Labute approximate surface area is 226 Å². The van der Waals surface area contributed by atoms with E-state index in [2.05, 4.69) is 15.6 Å². The largest absolute Gasteiger partial charge is 0.356 e. The minimum Gasteiger partial charge on any atom is -0.356 e. The number of aryl methyl sites for hydroxylation is 1. The third-order valence-electron chi connectivity index (χ3n) is 6.20. The Balaban J connectivity index is 1.38. The van der Waals surface area contributed by atoms with E-state index in [0.717, 1.165) is 24.1 Å². The molecule has 4 rings (SSSR count). The number of thioether (sulfide) groups is 1. The van der Waals surface area contributed by atoms with Gasteiger partial charge in [-0.25, -0.2) is 4.98 Å². The van der Waals surface area contributed by atoms with Gasteiger partial charge in [-0.1, -0.05) is 79.3 Å². The number of aromatic nitrogens is 2.